The van der Waals surface area contributed by atoms with E-state index >= 15 is 0 Å². The number of carbonyl (C=O) groups excluding carboxylic acids is 2. The van der Waals surface area contributed by atoms with E-state index in [-0.39, 0.29) is 11.8 Å². The summed E-state index contributed by atoms with van der Waals surface area (Å²) in [7, 11) is 0. The molecule has 5 rings (SSSR count). The summed E-state index contributed by atoms with van der Waals surface area (Å²) in [6.45, 7) is 6.29. The zero-order valence-corrected chi connectivity index (χ0v) is 18.6. The van der Waals surface area contributed by atoms with Gasteiger partial charge in [-0.2, -0.15) is 0 Å². The summed E-state index contributed by atoms with van der Waals surface area (Å²) in [6, 6.07) is 16.8. The number of rotatable bonds is 4. The third-order valence-electron chi connectivity index (χ3n) is 6.72. The molecule has 2 fully saturated rings. The first kappa shape index (κ1) is 20.8. The van der Waals surface area contributed by atoms with Gasteiger partial charge in [0.25, 0.3) is 11.8 Å². The van der Waals surface area contributed by atoms with Crippen LogP contribution in [0.3, 0.4) is 0 Å². The quantitative estimate of drug-likeness (QED) is 0.685. The van der Waals surface area contributed by atoms with Gasteiger partial charge in [0.1, 0.15) is 5.60 Å². The lowest BCUT2D eigenvalue weighted by molar-refractivity contribution is -0.143. The fraction of sp³-hybridized carbons (Fsp3) is 0.385. The Labute approximate surface area is 188 Å². The van der Waals surface area contributed by atoms with Crippen molar-refractivity contribution in [2.75, 3.05) is 26.2 Å². The summed E-state index contributed by atoms with van der Waals surface area (Å²) in [4.78, 5) is 28.7. The van der Waals surface area contributed by atoms with E-state index in [1.807, 2.05) is 24.3 Å². The van der Waals surface area contributed by atoms with Crippen molar-refractivity contribution >= 4 is 22.7 Å². The van der Waals surface area contributed by atoms with E-state index < -0.39 is 5.60 Å². The van der Waals surface area contributed by atoms with Crippen molar-refractivity contribution in [1.29, 1.82) is 0 Å². The molecule has 1 saturated heterocycles. The molecule has 1 aliphatic heterocycles. The van der Waals surface area contributed by atoms with Crippen molar-refractivity contribution in [3.05, 3.63) is 60.3 Å². The second-order valence-corrected chi connectivity index (χ2v) is 9.28. The topological polar surface area (TPSA) is 65.8 Å². The minimum Gasteiger partial charge on any atom is -0.380 e. The van der Waals surface area contributed by atoms with Crippen LogP contribution in [0.4, 0.5) is 0 Å². The first-order chi connectivity index (χ1) is 15.4. The molecule has 1 aliphatic carbocycles. The van der Waals surface area contributed by atoms with Crippen molar-refractivity contribution in [3.8, 4) is 11.1 Å². The Balaban J connectivity index is 1.26. The van der Waals surface area contributed by atoms with Gasteiger partial charge in [0.15, 0.2) is 0 Å². The Kier molecular flexibility index (Phi) is 5.05. The molecule has 1 aromatic heterocycles. The van der Waals surface area contributed by atoms with Gasteiger partial charge in [-0.15, -0.1) is 0 Å². The average Bonchev–Trinajstić information content (AvgIpc) is 3.42. The van der Waals surface area contributed by atoms with Crippen molar-refractivity contribution in [2.24, 2.45) is 0 Å². The van der Waals surface area contributed by atoms with Crippen LogP contribution < -0.4 is 0 Å². The van der Waals surface area contributed by atoms with Crippen molar-refractivity contribution in [2.45, 2.75) is 38.3 Å². The van der Waals surface area contributed by atoms with Gasteiger partial charge in [0, 0.05) is 54.9 Å². The summed E-state index contributed by atoms with van der Waals surface area (Å²) < 4.78 is 2.26. The van der Waals surface area contributed by atoms with Crippen molar-refractivity contribution < 1.29 is 14.7 Å². The van der Waals surface area contributed by atoms with Crippen LogP contribution in [0.2, 0.25) is 0 Å². The Morgan fingerprint density at radius 1 is 0.875 bits per heavy atom. The molecule has 6 heteroatoms. The molecule has 2 aliphatic rings. The molecular weight excluding hydrogens is 402 g/mol. The van der Waals surface area contributed by atoms with E-state index in [0.29, 0.717) is 50.6 Å². The SMILES string of the molecule is CC(C)n1ccc2cc(-c3ccc(C(=O)N4CCN(C(=O)C5(O)CC5)CC4)cc3)ccc21. The maximum atomic E-state index is 12.9. The second kappa shape index (κ2) is 7.78. The fourth-order valence-electron chi connectivity index (χ4n) is 4.52. The molecule has 1 saturated carbocycles. The molecule has 6 nitrogen and oxygen atoms in total. The lowest BCUT2D eigenvalue weighted by atomic mass is 10.0. The molecule has 2 amide bonds. The standard InChI is InChI=1S/C26H29N3O3/c1-18(2)29-12-9-22-17-21(7-8-23(22)29)19-3-5-20(6-4-19)24(30)27-13-15-28(16-14-27)25(31)26(32)10-11-26/h3-9,12,17-18,32H,10-11,13-16H2,1-2H3. The van der Waals surface area contributed by atoms with Crippen molar-refractivity contribution in [1.82, 2.24) is 14.4 Å². The third kappa shape index (κ3) is 3.69. The fourth-order valence-corrected chi connectivity index (χ4v) is 4.52. The number of fused-ring (bicyclic) bond motifs is 1. The van der Waals surface area contributed by atoms with Crippen LogP contribution in [-0.2, 0) is 4.79 Å². The van der Waals surface area contributed by atoms with Gasteiger partial charge in [-0.25, -0.2) is 0 Å². The minimum absolute atomic E-state index is 0.0155. The maximum Gasteiger partial charge on any atom is 0.254 e. The van der Waals surface area contributed by atoms with E-state index in [4.69, 9.17) is 0 Å². The van der Waals surface area contributed by atoms with Crippen LogP contribution in [0.15, 0.2) is 54.7 Å². The number of piperazine rings is 1. The van der Waals surface area contributed by atoms with Crippen LogP contribution in [-0.4, -0.2) is 63.1 Å². The monoisotopic (exact) mass is 431 g/mol. The summed E-state index contributed by atoms with van der Waals surface area (Å²) >= 11 is 0. The molecule has 0 unspecified atom stereocenters. The van der Waals surface area contributed by atoms with Crippen LogP contribution in [0.25, 0.3) is 22.0 Å². The zero-order valence-electron chi connectivity index (χ0n) is 18.6. The summed E-state index contributed by atoms with van der Waals surface area (Å²) in [5, 5.41) is 11.2. The lowest BCUT2D eigenvalue weighted by Gasteiger charge is -2.35. The highest BCUT2D eigenvalue weighted by Gasteiger charge is 2.50. The molecule has 0 radical (unpaired) electrons. The van der Waals surface area contributed by atoms with Crippen molar-refractivity contribution in [3.63, 3.8) is 0 Å². The van der Waals surface area contributed by atoms with Crippen LogP contribution in [0.5, 0.6) is 0 Å². The van der Waals surface area contributed by atoms with Crippen LogP contribution >= 0.6 is 0 Å². The van der Waals surface area contributed by atoms with Crippen LogP contribution in [0, 0.1) is 0 Å². The molecule has 0 spiro atoms. The van der Waals surface area contributed by atoms with E-state index in [2.05, 4.69) is 48.9 Å². The average molecular weight is 432 g/mol. The predicted octanol–water partition coefficient (Wildman–Crippen LogP) is 3.70. The molecule has 0 atom stereocenters. The number of hydrogen-bond donors (Lipinski definition) is 1. The molecule has 3 aromatic rings. The van der Waals surface area contributed by atoms with Gasteiger partial charge in [-0.3, -0.25) is 9.59 Å². The summed E-state index contributed by atoms with van der Waals surface area (Å²) in [6.07, 6.45) is 3.22. The van der Waals surface area contributed by atoms with Crippen LogP contribution in [0.1, 0.15) is 43.1 Å². The van der Waals surface area contributed by atoms with E-state index in [9.17, 15) is 14.7 Å². The number of hydrogen-bond acceptors (Lipinski definition) is 3. The van der Waals surface area contributed by atoms with Gasteiger partial charge >= 0.3 is 0 Å². The molecule has 166 valence electrons. The Bertz CT molecular complexity index is 1170. The maximum absolute atomic E-state index is 12.9. The highest BCUT2D eigenvalue weighted by Crippen LogP contribution is 2.37. The minimum atomic E-state index is -1.14. The third-order valence-corrected chi connectivity index (χ3v) is 6.72. The molecule has 2 heterocycles. The number of carbonyl (C=O) groups is 2. The predicted molar refractivity (Wildman–Crippen MR) is 124 cm³/mol. The molecule has 2 aromatic carbocycles. The number of aliphatic hydroxyl groups is 1. The molecule has 32 heavy (non-hydrogen) atoms. The van der Waals surface area contributed by atoms with Gasteiger partial charge in [0.05, 0.1) is 0 Å². The molecule has 0 bridgehead atoms. The van der Waals surface area contributed by atoms with Gasteiger partial charge in [-0.05, 0) is 68.1 Å². The highest BCUT2D eigenvalue weighted by molar-refractivity contribution is 5.95. The van der Waals surface area contributed by atoms with Gasteiger partial charge < -0.3 is 19.5 Å². The van der Waals surface area contributed by atoms with E-state index in [0.717, 1.165) is 11.1 Å². The summed E-state index contributed by atoms with van der Waals surface area (Å²) in [5.74, 6) is -0.201. The first-order valence-electron chi connectivity index (χ1n) is 11.4. The molecular formula is C26H29N3O3. The Morgan fingerprint density at radius 3 is 2.12 bits per heavy atom. The number of amides is 2. The molecule has 1 N–H and O–H groups in total. The van der Waals surface area contributed by atoms with Gasteiger partial charge in [-0.1, -0.05) is 18.2 Å². The second-order valence-electron chi connectivity index (χ2n) is 9.28. The number of nitrogens with zero attached hydrogens (tertiary/aromatic N) is 3. The highest BCUT2D eigenvalue weighted by atomic mass is 16.3. The Hall–Kier alpha value is -3.12. The normalized spacial score (nSPS) is 17.8. The smallest absolute Gasteiger partial charge is 0.254 e. The van der Waals surface area contributed by atoms with Gasteiger partial charge in [0.2, 0.25) is 0 Å². The number of aromatic nitrogens is 1. The largest absolute Gasteiger partial charge is 0.380 e. The summed E-state index contributed by atoms with van der Waals surface area (Å²) in [5.41, 5.74) is 2.95. The number of benzene rings is 2. The lowest BCUT2D eigenvalue weighted by Crippen LogP contribution is -2.53. The van der Waals surface area contributed by atoms with E-state index in [1.54, 1.807) is 9.80 Å². The zero-order chi connectivity index (χ0) is 22.5. The Morgan fingerprint density at radius 2 is 1.50 bits per heavy atom. The van der Waals surface area contributed by atoms with E-state index in [1.165, 1.54) is 10.9 Å². The first-order valence-corrected chi connectivity index (χ1v) is 11.4.